The highest BCUT2D eigenvalue weighted by Gasteiger charge is 2.27. The van der Waals surface area contributed by atoms with Crippen molar-refractivity contribution >= 4 is 0 Å². The van der Waals surface area contributed by atoms with E-state index >= 15 is 0 Å². The molecule has 0 aromatic heterocycles. The molecule has 0 atom stereocenters. The summed E-state index contributed by atoms with van der Waals surface area (Å²) in [6, 6.07) is 0. The molecule has 1 rings (SSSR count). The minimum Gasteiger partial charge on any atom is -0.352 e. The summed E-state index contributed by atoms with van der Waals surface area (Å²) in [4.78, 5) is 0. The quantitative estimate of drug-likeness (QED) is 0.663. The van der Waals surface area contributed by atoms with E-state index in [4.69, 9.17) is 15.2 Å². The van der Waals surface area contributed by atoms with Gasteiger partial charge in [-0.2, -0.15) is 0 Å². The molecule has 0 radical (unpaired) electrons. The van der Waals surface area contributed by atoms with Crippen molar-refractivity contribution in [3.8, 4) is 0 Å². The highest BCUT2D eigenvalue weighted by molar-refractivity contribution is 4.73. The Hall–Kier alpha value is -0.120. The summed E-state index contributed by atoms with van der Waals surface area (Å²) in [6.07, 6.45) is 9.03. The molecule has 2 N–H and O–H groups in total. The normalized spacial score (nSPS) is 18.6. The summed E-state index contributed by atoms with van der Waals surface area (Å²) in [7, 11) is 3.35. The minimum atomic E-state index is -0.543. The van der Waals surface area contributed by atoms with E-state index in [1.807, 2.05) is 0 Å². The molecule has 3 nitrogen and oxygen atoms in total. The zero-order chi connectivity index (χ0) is 11.1. The minimum absolute atomic E-state index is 0.435. The van der Waals surface area contributed by atoms with Crippen LogP contribution in [0, 0.1) is 5.92 Å². The van der Waals surface area contributed by atoms with E-state index in [2.05, 4.69) is 0 Å². The van der Waals surface area contributed by atoms with E-state index in [-0.39, 0.29) is 0 Å². The SMILES string of the molecule is COC(CN)(CCCC1CCCC1)OC. The van der Waals surface area contributed by atoms with Gasteiger partial charge in [-0.05, 0) is 12.3 Å². The molecule has 1 aliphatic rings. The van der Waals surface area contributed by atoms with Crippen molar-refractivity contribution in [2.24, 2.45) is 11.7 Å². The van der Waals surface area contributed by atoms with Crippen LogP contribution in [0.2, 0.25) is 0 Å². The van der Waals surface area contributed by atoms with Gasteiger partial charge in [-0.1, -0.05) is 32.1 Å². The summed E-state index contributed by atoms with van der Waals surface area (Å²) in [5.74, 6) is 0.396. The topological polar surface area (TPSA) is 44.5 Å². The molecule has 0 amide bonds. The first-order chi connectivity index (χ1) is 7.26. The molecule has 0 unspecified atom stereocenters. The maximum absolute atomic E-state index is 5.67. The van der Waals surface area contributed by atoms with E-state index in [1.165, 1.54) is 32.1 Å². The van der Waals surface area contributed by atoms with Gasteiger partial charge in [-0.3, -0.25) is 0 Å². The van der Waals surface area contributed by atoms with Crippen LogP contribution in [-0.2, 0) is 9.47 Å². The van der Waals surface area contributed by atoms with Crippen molar-refractivity contribution in [3.63, 3.8) is 0 Å². The van der Waals surface area contributed by atoms with Gasteiger partial charge in [0.1, 0.15) is 0 Å². The predicted octanol–water partition coefficient (Wildman–Crippen LogP) is 2.29. The Morgan fingerprint density at radius 2 is 1.80 bits per heavy atom. The van der Waals surface area contributed by atoms with Crippen LogP contribution in [0.25, 0.3) is 0 Å². The number of ether oxygens (including phenoxy) is 2. The molecular formula is C12H25NO2. The van der Waals surface area contributed by atoms with Gasteiger partial charge in [-0.25, -0.2) is 0 Å². The van der Waals surface area contributed by atoms with Gasteiger partial charge in [0.25, 0.3) is 0 Å². The van der Waals surface area contributed by atoms with Crippen molar-refractivity contribution in [2.45, 2.75) is 50.7 Å². The van der Waals surface area contributed by atoms with Gasteiger partial charge < -0.3 is 15.2 Å². The van der Waals surface area contributed by atoms with Gasteiger partial charge in [0.2, 0.25) is 0 Å². The molecule has 0 spiro atoms. The first-order valence-corrected chi connectivity index (χ1v) is 6.06. The van der Waals surface area contributed by atoms with E-state index < -0.39 is 5.79 Å². The third kappa shape index (κ3) is 3.74. The lowest BCUT2D eigenvalue weighted by Gasteiger charge is -2.29. The first-order valence-electron chi connectivity index (χ1n) is 6.06. The molecular weight excluding hydrogens is 190 g/mol. The fourth-order valence-electron chi connectivity index (χ4n) is 2.52. The zero-order valence-corrected chi connectivity index (χ0v) is 10.1. The Labute approximate surface area is 93.3 Å². The van der Waals surface area contributed by atoms with Crippen molar-refractivity contribution < 1.29 is 9.47 Å². The van der Waals surface area contributed by atoms with Gasteiger partial charge in [0, 0.05) is 27.2 Å². The number of hydrogen-bond acceptors (Lipinski definition) is 3. The van der Waals surface area contributed by atoms with Crippen LogP contribution in [0.15, 0.2) is 0 Å². The molecule has 0 aromatic rings. The molecule has 90 valence electrons. The van der Waals surface area contributed by atoms with Crippen LogP contribution in [0.3, 0.4) is 0 Å². The Bertz CT molecular complexity index is 155. The summed E-state index contributed by atoms with van der Waals surface area (Å²) >= 11 is 0. The van der Waals surface area contributed by atoms with Crippen LogP contribution in [0.1, 0.15) is 44.9 Å². The smallest absolute Gasteiger partial charge is 0.179 e. The number of rotatable bonds is 7. The Morgan fingerprint density at radius 3 is 2.27 bits per heavy atom. The Morgan fingerprint density at radius 1 is 1.20 bits per heavy atom. The van der Waals surface area contributed by atoms with Crippen LogP contribution in [0.5, 0.6) is 0 Å². The molecule has 0 aliphatic heterocycles. The van der Waals surface area contributed by atoms with Crippen molar-refractivity contribution in [1.29, 1.82) is 0 Å². The van der Waals surface area contributed by atoms with E-state index in [0.29, 0.717) is 6.54 Å². The standard InChI is InChI=1S/C12H25NO2/c1-14-12(10-13,15-2)9-5-8-11-6-3-4-7-11/h11H,3-10,13H2,1-2H3. The van der Waals surface area contributed by atoms with Crippen LogP contribution in [0.4, 0.5) is 0 Å². The lowest BCUT2D eigenvalue weighted by Crippen LogP contribution is -2.41. The molecule has 1 saturated carbocycles. The highest BCUT2D eigenvalue weighted by atomic mass is 16.7. The molecule has 15 heavy (non-hydrogen) atoms. The van der Waals surface area contributed by atoms with E-state index in [1.54, 1.807) is 14.2 Å². The summed E-state index contributed by atoms with van der Waals surface area (Å²) < 4.78 is 10.7. The van der Waals surface area contributed by atoms with E-state index in [9.17, 15) is 0 Å². The first kappa shape index (κ1) is 12.9. The average molecular weight is 215 g/mol. The van der Waals surface area contributed by atoms with Gasteiger partial charge in [-0.15, -0.1) is 0 Å². The fourth-order valence-corrected chi connectivity index (χ4v) is 2.52. The van der Waals surface area contributed by atoms with Gasteiger partial charge in [0.15, 0.2) is 5.79 Å². The van der Waals surface area contributed by atoms with Gasteiger partial charge >= 0.3 is 0 Å². The zero-order valence-electron chi connectivity index (χ0n) is 10.1. The van der Waals surface area contributed by atoms with Crippen LogP contribution in [-0.4, -0.2) is 26.6 Å². The lowest BCUT2D eigenvalue weighted by molar-refractivity contribution is -0.203. The third-order valence-electron chi connectivity index (χ3n) is 3.70. The predicted molar refractivity (Wildman–Crippen MR) is 61.6 cm³/mol. The third-order valence-corrected chi connectivity index (χ3v) is 3.70. The van der Waals surface area contributed by atoms with Gasteiger partial charge in [0.05, 0.1) is 0 Å². The Kier molecular flexibility index (Phi) is 5.58. The maximum atomic E-state index is 5.67. The van der Waals surface area contributed by atoms with Crippen LogP contribution >= 0.6 is 0 Å². The molecule has 0 heterocycles. The van der Waals surface area contributed by atoms with Crippen molar-refractivity contribution in [1.82, 2.24) is 0 Å². The molecule has 0 bridgehead atoms. The van der Waals surface area contributed by atoms with Crippen LogP contribution < -0.4 is 5.73 Å². The molecule has 0 aromatic carbocycles. The fraction of sp³-hybridized carbons (Fsp3) is 1.00. The monoisotopic (exact) mass is 215 g/mol. The summed E-state index contributed by atoms with van der Waals surface area (Å²) in [5, 5.41) is 0. The second-order valence-electron chi connectivity index (χ2n) is 4.57. The highest BCUT2D eigenvalue weighted by Crippen LogP contribution is 2.30. The second-order valence-corrected chi connectivity index (χ2v) is 4.57. The number of nitrogens with two attached hydrogens (primary N) is 1. The van der Waals surface area contributed by atoms with Crippen molar-refractivity contribution in [3.05, 3.63) is 0 Å². The average Bonchev–Trinajstić information content (AvgIpc) is 2.78. The molecule has 0 saturated heterocycles. The number of methoxy groups -OCH3 is 2. The molecule has 1 fully saturated rings. The lowest BCUT2D eigenvalue weighted by atomic mass is 9.98. The number of hydrogen-bond donors (Lipinski definition) is 1. The molecule has 1 aliphatic carbocycles. The largest absolute Gasteiger partial charge is 0.352 e. The summed E-state index contributed by atoms with van der Waals surface area (Å²) in [5.41, 5.74) is 5.67. The van der Waals surface area contributed by atoms with E-state index in [0.717, 1.165) is 18.8 Å². The second kappa shape index (κ2) is 6.46. The Balaban J connectivity index is 2.21. The summed E-state index contributed by atoms with van der Waals surface area (Å²) in [6.45, 7) is 0.435. The molecule has 3 heteroatoms. The van der Waals surface area contributed by atoms with Crippen molar-refractivity contribution in [2.75, 3.05) is 20.8 Å². The maximum Gasteiger partial charge on any atom is 0.179 e.